The highest BCUT2D eigenvalue weighted by Crippen LogP contribution is 2.36. The first-order valence-electron chi connectivity index (χ1n) is 9.22. The van der Waals surface area contributed by atoms with Crippen LogP contribution in [0.4, 0.5) is 0 Å². The Morgan fingerprint density at radius 3 is 2.97 bits per heavy atom. The molecule has 0 unspecified atom stereocenters. The summed E-state index contributed by atoms with van der Waals surface area (Å²) in [7, 11) is 0. The number of ether oxygens (including phenoxy) is 2. The van der Waals surface area contributed by atoms with Gasteiger partial charge in [-0.3, -0.25) is 4.57 Å². The lowest BCUT2D eigenvalue weighted by Crippen LogP contribution is -2.25. The highest BCUT2D eigenvalue weighted by Gasteiger charge is 2.28. The van der Waals surface area contributed by atoms with Crippen LogP contribution in [0.1, 0.15) is 17.8 Å². The van der Waals surface area contributed by atoms with Gasteiger partial charge in [0.05, 0.1) is 5.75 Å². The number of thiophene rings is 1. The lowest BCUT2D eigenvalue weighted by Gasteiger charge is -2.26. The zero-order valence-corrected chi connectivity index (χ0v) is 17.4. The van der Waals surface area contributed by atoms with E-state index in [9.17, 15) is 0 Å². The first-order chi connectivity index (χ1) is 14.8. The van der Waals surface area contributed by atoms with Crippen LogP contribution in [0.25, 0.3) is 11.4 Å². The third-order valence-electron chi connectivity index (χ3n) is 4.43. The van der Waals surface area contributed by atoms with Crippen molar-refractivity contribution >= 4 is 23.1 Å². The van der Waals surface area contributed by atoms with E-state index in [4.69, 9.17) is 14.0 Å². The summed E-state index contributed by atoms with van der Waals surface area (Å²) in [5, 5.41) is 17.4. The van der Waals surface area contributed by atoms with Gasteiger partial charge in [0.25, 0.3) is 0 Å². The van der Waals surface area contributed by atoms with E-state index >= 15 is 0 Å². The standard InChI is InChI=1S/C20H17N5O3S2/c1-2-8-25-19(16-10-26-14-5-3-4-6-15(14)27-16)22-23-20(25)30-12-17-21-18(24-28-17)13-7-9-29-11-13/h2-7,9,11,16H,1,8,10,12H2/t16-/m1/s1. The minimum absolute atomic E-state index is 0.352. The van der Waals surface area contributed by atoms with E-state index in [1.807, 2.05) is 45.7 Å². The van der Waals surface area contributed by atoms with E-state index in [2.05, 4.69) is 26.9 Å². The molecule has 0 aliphatic carbocycles. The van der Waals surface area contributed by atoms with Gasteiger partial charge >= 0.3 is 0 Å². The molecule has 10 heteroatoms. The minimum Gasteiger partial charge on any atom is -0.485 e. The summed E-state index contributed by atoms with van der Waals surface area (Å²) in [5.41, 5.74) is 0.951. The molecule has 1 atom stereocenters. The van der Waals surface area contributed by atoms with Gasteiger partial charge in [-0.15, -0.1) is 16.8 Å². The number of benzene rings is 1. The predicted molar refractivity (Wildman–Crippen MR) is 113 cm³/mol. The number of allylic oxidation sites excluding steroid dienone is 1. The van der Waals surface area contributed by atoms with Gasteiger partial charge < -0.3 is 14.0 Å². The van der Waals surface area contributed by atoms with E-state index in [1.54, 1.807) is 17.4 Å². The van der Waals surface area contributed by atoms with Gasteiger partial charge in [-0.1, -0.05) is 35.1 Å². The Hall–Kier alpha value is -3.11. The third kappa shape index (κ3) is 3.71. The first kappa shape index (κ1) is 18.9. The maximum absolute atomic E-state index is 6.09. The van der Waals surface area contributed by atoms with Crippen molar-refractivity contribution < 1.29 is 14.0 Å². The summed E-state index contributed by atoms with van der Waals surface area (Å²) in [5.74, 6) is 3.72. The smallest absolute Gasteiger partial charge is 0.237 e. The Morgan fingerprint density at radius 2 is 2.13 bits per heavy atom. The summed E-state index contributed by atoms with van der Waals surface area (Å²) in [6, 6.07) is 9.56. The number of hydrogen-bond donors (Lipinski definition) is 0. The highest BCUT2D eigenvalue weighted by molar-refractivity contribution is 7.98. The maximum atomic E-state index is 6.09. The van der Waals surface area contributed by atoms with Crippen molar-refractivity contribution in [3.05, 3.63) is 65.5 Å². The second-order valence-electron chi connectivity index (χ2n) is 6.42. The number of para-hydroxylation sites is 2. The van der Waals surface area contributed by atoms with Crippen LogP contribution in [-0.4, -0.2) is 31.5 Å². The zero-order valence-electron chi connectivity index (χ0n) is 15.8. The van der Waals surface area contributed by atoms with Gasteiger partial charge in [0.2, 0.25) is 11.7 Å². The monoisotopic (exact) mass is 439 g/mol. The second-order valence-corrected chi connectivity index (χ2v) is 8.14. The third-order valence-corrected chi connectivity index (χ3v) is 6.06. The fourth-order valence-corrected chi connectivity index (χ4v) is 4.47. The number of nitrogens with zero attached hydrogens (tertiary/aromatic N) is 5. The van der Waals surface area contributed by atoms with E-state index in [0.29, 0.717) is 42.2 Å². The van der Waals surface area contributed by atoms with Gasteiger partial charge in [-0.25, -0.2) is 0 Å². The van der Waals surface area contributed by atoms with Crippen molar-refractivity contribution in [2.45, 2.75) is 23.6 Å². The van der Waals surface area contributed by atoms with E-state index < -0.39 is 0 Å². The van der Waals surface area contributed by atoms with Gasteiger partial charge in [0.1, 0.15) is 6.61 Å². The molecule has 0 bridgehead atoms. The van der Waals surface area contributed by atoms with Crippen LogP contribution in [0.2, 0.25) is 0 Å². The second kappa shape index (κ2) is 8.33. The fourth-order valence-electron chi connectivity index (χ4n) is 3.04. The molecule has 1 aliphatic heterocycles. The molecule has 0 N–H and O–H groups in total. The lowest BCUT2D eigenvalue weighted by molar-refractivity contribution is 0.0821. The van der Waals surface area contributed by atoms with Gasteiger partial charge in [-0.05, 0) is 23.6 Å². The van der Waals surface area contributed by atoms with Crippen LogP contribution < -0.4 is 9.47 Å². The van der Waals surface area contributed by atoms with Crippen LogP contribution in [0.15, 0.2) is 63.4 Å². The zero-order chi connectivity index (χ0) is 20.3. The molecule has 152 valence electrons. The molecule has 4 heterocycles. The van der Waals surface area contributed by atoms with Crippen molar-refractivity contribution in [2.75, 3.05) is 6.61 Å². The number of rotatable bonds is 7. The summed E-state index contributed by atoms with van der Waals surface area (Å²) in [4.78, 5) is 4.45. The Bertz CT molecular complexity index is 1160. The number of thioether (sulfide) groups is 1. The van der Waals surface area contributed by atoms with Crippen LogP contribution in [0, 0.1) is 0 Å². The molecule has 0 fully saturated rings. The summed E-state index contributed by atoms with van der Waals surface area (Å²) in [6.45, 7) is 4.77. The molecule has 0 radical (unpaired) electrons. The van der Waals surface area contributed by atoms with Crippen molar-refractivity contribution in [3.63, 3.8) is 0 Å². The summed E-state index contributed by atoms with van der Waals surface area (Å²) < 4.78 is 19.3. The Kier molecular flexibility index (Phi) is 5.24. The predicted octanol–water partition coefficient (Wildman–Crippen LogP) is 4.38. The van der Waals surface area contributed by atoms with Crippen LogP contribution >= 0.6 is 23.1 Å². The Labute approximate surface area is 180 Å². The average molecular weight is 440 g/mol. The van der Waals surface area contributed by atoms with E-state index in [1.165, 1.54) is 11.8 Å². The van der Waals surface area contributed by atoms with Crippen LogP contribution in [0.3, 0.4) is 0 Å². The average Bonchev–Trinajstić information content (AvgIpc) is 3.53. The van der Waals surface area contributed by atoms with Gasteiger partial charge in [-0.2, -0.15) is 16.3 Å². The highest BCUT2D eigenvalue weighted by atomic mass is 32.2. The van der Waals surface area contributed by atoms with E-state index in [-0.39, 0.29) is 6.10 Å². The fraction of sp³-hybridized carbons (Fsp3) is 0.200. The number of aromatic nitrogens is 5. The SMILES string of the molecule is C=CCn1c(SCc2nc(-c3ccsc3)no2)nnc1[C@H]1COc2ccccc2O1. The molecular weight excluding hydrogens is 422 g/mol. The van der Waals surface area contributed by atoms with Crippen LogP contribution in [-0.2, 0) is 12.3 Å². The Balaban J connectivity index is 1.33. The lowest BCUT2D eigenvalue weighted by atomic mass is 10.2. The molecule has 30 heavy (non-hydrogen) atoms. The molecule has 1 aliphatic rings. The van der Waals surface area contributed by atoms with Crippen molar-refractivity contribution in [2.24, 2.45) is 0 Å². The molecule has 1 aromatic carbocycles. The molecule has 0 saturated heterocycles. The maximum Gasteiger partial charge on any atom is 0.237 e. The van der Waals surface area contributed by atoms with E-state index in [0.717, 1.165) is 16.5 Å². The summed E-state index contributed by atoms with van der Waals surface area (Å²) >= 11 is 3.07. The molecule has 0 saturated carbocycles. The molecule has 5 rings (SSSR count). The van der Waals surface area contributed by atoms with Crippen LogP contribution in [0.5, 0.6) is 11.5 Å². The molecule has 0 spiro atoms. The van der Waals surface area contributed by atoms with Crippen molar-refractivity contribution in [3.8, 4) is 22.9 Å². The van der Waals surface area contributed by atoms with Crippen molar-refractivity contribution in [1.82, 2.24) is 24.9 Å². The Morgan fingerprint density at radius 1 is 1.23 bits per heavy atom. The minimum atomic E-state index is -0.352. The topological polar surface area (TPSA) is 88.1 Å². The molecule has 0 amide bonds. The quantitative estimate of drug-likeness (QED) is 0.310. The van der Waals surface area contributed by atoms with Gasteiger partial charge in [0.15, 0.2) is 28.6 Å². The normalized spacial score (nSPS) is 15.3. The molecule has 3 aromatic heterocycles. The largest absolute Gasteiger partial charge is 0.485 e. The first-order valence-corrected chi connectivity index (χ1v) is 11.1. The van der Waals surface area contributed by atoms with Crippen molar-refractivity contribution in [1.29, 1.82) is 0 Å². The number of fused-ring (bicyclic) bond motifs is 1. The molecular formula is C20H17N5O3S2. The van der Waals surface area contributed by atoms with Gasteiger partial charge in [0, 0.05) is 17.5 Å². The molecule has 4 aromatic rings. The number of hydrogen-bond acceptors (Lipinski definition) is 9. The summed E-state index contributed by atoms with van der Waals surface area (Å²) in [6.07, 6.45) is 1.45. The molecule has 8 nitrogen and oxygen atoms in total.